The van der Waals surface area contributed by atoms with Gasteiger partial charge in [0.15, 0.2) is 5.76 Å². The predicted molar refractivity (Wildman–Crippen MR) is 84.7 cm³/mol. The molecule has 0 saturated heterocycles. The molecule has 0 fully saturated rings. The number of rotatable bonds is 2. The summed E-state index contributed by atoms with van der Waals surface area (Å²) in [5, 5.41) is 10.4. The van der Waals surface area contributed by atoms with Crippen molar-refractivity contribution in [2.24, 2.45) is 0 Å². The molecule has 4 nitrogen and oxygen atoms in total. The summed E-state index contributed by atoms with van der Waals surface area (Å²) in [6.07, 6.45) is 0. The van der Waals surface area contributed by atoms with Crippen LogP contribution in [0.25, 0.3) is 5.57 Å². The number of nitrogens with zero attached hydrogens (tertiary/aromatic N) is 1. The minimum atomic E-state index is -0.770. The van der Waals surface area contributed by atoms with E-state index in [9.17, 15) is 14.7 Å². The molecule has 1 aliphatic heterocycles. The van der Waals surface area contributed by atoms with Crippen LogP contribution in [0, 0.1) is 6.92 Å². The van der Waals surface area contributed by atoms with E-state index in [-0.39, 0.29) is 16.3 Å². The second-order valence-corrected chi connectivity index (χ2v) is 5.39. The highest BCUT2D eigenvalue weighted by Gasteiger charge is 2.40. The van der Waals surface area contributed by atoms with E-state index in [4.69, 9.17) is 11.6 Å². The van der Waals surface area contributed by atoms with Crippen LogP contribution in [-0.4, -0.2) is 16.9 Å². The summed E-state index contributed by atoms with van der Waals surface area (Å²) in [5.74, 6) is -1.91. The Kier molecular flexibility index (Phi) is 3.47. The molecular formula is C17H12ClNO3. The standard InChI is InChI=1S/C17H12ClNO3/c1-10-6-8-11(9-7-10)14-15(20)17(22)19(16(14)21)13-5-3-2-4-12(13)18/h2-9,20H,1H3. The van der Waals surface area contributed by atoms with Gasteiger partial charge in [-0.25, -0.2) is 4.90 Å². The third-order valence-corrected chi connectivity index (χ3v) is 3.81. The molecule has 0 bridgehead atoms. The Morgan fingerprint density at radius 1 is 0.955 bits per heavy atom. The number of hydrogen-bond donors (Lipinski definition) is 1. The van der Waals surface area contributed by atoms with Crippen molar-refractivity contribution in [3.8, 4) is 0 Å². The van der Waals surface area contributed by atoms with Gasteiger partial charge in [0.2, 0.25) is 0 Å². The fourth-order valence-corrected chi connectivity index (χ4v) is 2.57. The maximum Gasteiger partial charge on any atom is 0.301 e. The Labute approximate surface area is 132 Å². The molecule has 1 aliphatic rings. The van der Waals surface area contributed by atoms with Crippen LogP contribution < -0.4 is 4.90 Å². The van der Waals surface area contributed by atoms with Crippen LogP contribution >= 0.6 is 11.6 Å². The second kappa shape index (κ2) is 5.31. The summed E-state index contributed by atoms with van der Waals surface area (Å²) in [5.41, 5.74) is 1.76. The van der Waals surface area contributed by atoms with Crippen molar-refractivity contribution in [2.45, 2.75) is 6.92 Å². The van der Waals surface area contributed by atoms with Crippen LogP contribution in [0.4, 0.5) is 5.69 Å². The van der Waals surface area contributed by atoms with E-state index >= 15 is 0 Å². The minimum Gasteiger partial charge on any atom is -0.502 e. The lowest BCUT2D eigenvalue weighted by atomic mass is 10.0. The van der Waals surface area contributed by atoms with Crippen molar-refractivity contribution in [2.75, 3.05) is 4.90 Å². The second-order valence-electron chi connectivity index (χ2n) is 4.99. The molecule has 0 spiro atoms. The quantitative estimate of drug-likeness (QED) is 0.863. The van der Waals surface area contributed by atoms with Gasteiger partial charge in [0.25, 0.3) is 5.91 Å². The lowest BCUT2D eigenvalue weighted by molar-refractivity contribution is -0.121. The fraction of sp³-hybridized carbons (Fsp3) is 0.0588. The number of aliphatic hydroxyl groups is 1. The number of carbonyl (C=O) groups excluding carboxylic acids is 2. The zero-order chi connectivity index (χ0) is 15.9. The molecule has 5 heteroatoms. The molecule has 2 aromatic rings. The van der Waals surface area contributed by atoms with Gasteiger partial charge in [-0.1, -0.05) is 53.6 Å². The topological polar surface area (TPSA) is 57.6 Å². The van der Waals surface area contributed by atoms with Crippen molar-refractivity contribution in [3.63, 3.8) is 0 Å². The van der Waals surface area contributed by atoms with Gasteiger partial charge >= 0.3 is 5.91 Å². The van der Waals surface area contributed by atoms with Gasteiger partial charge in [0.1, 0.15) is 0 Å². The zero-order valence-electron chi connectivity index (χ0n) is 11.7. The Balaban J connectivity index is 2.08. The van der Waals surface area contributed by atoms with Crippen molar-refractivity contribution >= 4 is 34.7 Å². The summed E-state index contributed by atoms with van der Waals surface area (Å²) in [6.45, 7) is 1.91. The number of amides is 2. The monoisotopic (exact) mass is 313 g/mol. The van der Waals surface area contributed by atoms with E-state index in [0.29, 0.717) is 5.56 Å². The molecule has 1 heterocycles. The van der Waals surface area contributed by atoms with E-state index in [0.717, 1.165) is 10.5 Å². The van der Waals surface area contributed by atoms with E-state index < -0.39 is 17.6 Å². The molecule has 1 N–H and O–H groups in total. The maximum atomic E-state index is 12.6. The number of hydrogen-bond acceptors (Lipinski definition) is 3. The molecule has 2 aromatic carbocycles. The number of anilines is 1. The molecule has 0 unspecified atom stereocenters. The summed E-state index contributed by atoms with van der Waals surface area (Å²) in [4.78, 5) is 25.7. The van der Waals surface area contributed by atoms with Gasteiger partial charge < -0.3 is 5.11 Å². The average molecular weight is 314 g/mol. The summed E-state index contributed by atoms with van der Waals surface area (Å²) >= 11 is 6.05. The molecule has 22 heavy (non-hydrogen) atoms. The molecule has 0 radical (unpaired) electrons. The number of imide groups is 1. The number of aliphatic hydroxyl groups excluding tert-OH is 1. The Bertz CT molecular complexity index is 809. The molecule has 0 aromatic heterocycles. The lowest BCUT2D eigenvalue weighted by Gasteiger charge is -2.15. The van der Waals surface area contributed by atoms with Gasteiger partial charge in [-0.3, -0.25) is 9.59 Å². The highest BCUT2D eigenvalue weighted by Crippen LogP contribution is 2.35. The molecule has 0 aliphatic carbocycles. The van der Waals surface area contributed by atoms with Crippen LogP contribution in [0.15, 0.2) is 54.3 Å². The van der Waals surface area contributed by atoms with E-state index in [2.05, 4.69) is 0 Å². The lowest BCUT2D eigenvalue weighted by Crippen LogP contribution is -2.31. The first-order valence-corrected chi connectivity index (χ1v) is 7.02. The number of carbonyl (C=O) groups is 2. The number of para-hydroxylation sites is 1. The zero-order valence-corrected chi connectivity index (χ0v) is 12.5. The number of halogens is 1. The summed E-state index contributed by atoms with van der Waals surface area (Å²) in [7, 11) is 0. The first-order valence-electron chi connectivity index (χ1n) is 6.64. The highest BCUT2D eigenvalue weighted by atomic mass is 35.5. The first-order chi connectivity index (χ1) is 10.5. The van der Waals surface area contributed by atoms with Gasteiger partial charge in [0, 0.05) is 0 Å². The van der Waals surface area contributed by atoms with Crippen molar-refractivity contribution < 1.29 is 14.7 Å². The predicted octanol–water partition coefficient (Wildman–Crippen LogP) is 3.49. The van der Waals surface area contributed by atoms with Crippen LogP contribution in [0.3, 0.4) is 0 Å². The maximum absolute atomic E-state index is 12.6. The van der Waals surface area contributed by atoms with Crippen molar-refractivity contribution in [1.29, 1.82) is 0 Å². The Morgan fingerprint density at radius 2 is 1.59 bits per heavy atom. The van der Waals surface area contributed by atoms with E-state index in [1.807, 2.05) is 19.1 Å². The van der Waals surface area contributed by atoms with Crippen LogP contribution in [0.1, 0.15) is 11.1 Å². The van der Waals surface area contributed by atoms with Gasteiger partial charge in [0.05, 0.1) is 16.3 Å². The number of aryl methyl sites for hydroxylation is 1. The molecule has 3 rings (SSSR count). The Hall–Kier alpha value is -2.59. The number of benzene rings is 2. The Morgan fingerprint density at radius 3 is 2.23 bits per heavy atom. The van der Waals surface area contributed by atoms with Gasteiger partial charge in [-0.15, -0.1) is 0 Å². The smallest absolute Gasteiger partial charge is 0.301 e. The fourth-order valence-electron chi connectivity index (χ4n) is 2.35. The third kappa shape index (κ3) is 2.18. The molecule has 0 atom stereocenters. The molecule has 0 saturated carbocycles. The minimum absolute atomic E-state index is 0.00933. The van der Waals surface area contributed by atoms with Crippen LogP contribution in [-0.2, 0) is 9.59 Å². The SMILES string of the molecule is Cc1ccc(C2=C(O)C(=O)N(c3ccccc3Cl)C2=O)cc1. The van der Waals surface area contributed by atoms with Gasteiger partial charge in [-0.05, 0) is 24.6 Å². The highest BCUT2D eigenvalue weighted by molar-refractivity contribution is 6.46. The van der Waals surface area contributed by atoms with E-state index in [1.54, 1.807) is 36.4 Å². The van der Waals surface area contributed by atoms with E-state index in [1.165, 1.54) is 0 Å². The van der Waals surface area contributed by atoms with Crippen molar-refractivity contribution in [3.05, 3.63) is 70.4 Å². The largest absolute Gasteiger partial charge is 0.502 e. The van der Waals surface area contributed by atoms with Crippen LogP contribution in [0.2, 0.25) is 5.02 Å². The van der Waals surface area contributed by atoms with Gasteiger partial charge in [-0.2, -0.15) is 0 Å². The van der Waals surface area contributed by atoms with Crippen LogP contribution in [0.5, 0.6) is 0 Å². The summed E-state index contributed by atoms with van der Waals surface area (Å²) < 4.78 is 0. The normalized spacial score (nSPS) is 14.9. The molecule has 110 valence electrons. The average Bonchev–Trinajstić information content (AvgIpc) is 2.72. The molecular weight excluding hydrogens is 302 g/mol. The third-order valence-electron chi connectivity index (χ3n) is 3.49. The summed E-state index contributed by atoms with van der Waals surface area (Å²) in [6, 6.07) is 13.5. The van der Waals surface area contributed by atoms with Crippen molar-refractivity contribution in [1.82, 2.24) is 0 Å². The molecule has 2 amide bonds. The first kappa shape index (κ1) is 14.4.